The highest BCUT2D eigenvalue weighted by Crippen LogP contribution is 2.42. The van der Waals surface area contributed by atoms with Gasteiger partial charge in [0.05, 0.1) is 18.6 Å². The van der Waals surface area contributed by atoms with Crippen molar-refractivity contribution < 1.29 is 13.5 Å². The van der Waals surface area contributed by atoms with Gasteiger partial charge in [0.2, 0.25) is 0 Å². The molecule has 1 spiro atoms. The maximum atomic E-state index is 13.6. The van der Waals surface area contributed by atoms with Crippen molar-refractivity contribution in [3.8, 4) is 0 Å². The summed E-state index contributed by atoms with van der Waals surface area (Å²) in [5.74, 6) is -1.18. The van der Waals surface area contributed by atoms with Crippen LogP contribution in [0.15, 0.2) is 12.1 Å². The van der Waals surface area contributed by atoms with Crippen LogP contribution in [0.4, 0.5) is 20.2 Å². The smallest absolute Gasteiger partial charge is 0.151 e. The molecular weight excluding hydrogens is 214 g/mol. The van der Waals surface area contributed by atoms with E-state index in [1.807, 2.05) is 0 Å². The molecule has 2 aliphatic heterocycles. The van der Waals surface area contributed by atoms with Gasteiger partial charge in [-0.3, -0.25) is 0 Å². The van der Waals surface area contributed by atoms with Crippen LogP contribution in [0.1, 0.15) is 0 Å². The van der Waals surface area contributed by atoms with Gasteiger partial charge >= 0.3 is 0 Å². The highest BCUT2D eigenvalue weighted by molar-refractivity contribution is 5.58. The van der Waals surface area contributed by atoms with Crippen molar-refractivity contribution in [3.63, 3.8) is 0 Å². The zero-order chi connectivity index (χ0) is 11.3. The molecule has 2 aliphatic rings. The van der Waals surface area contributed by atoms with Crippen molar-refractivity contribution in [3.05, 3.63) is 23.8 Å². The molecule has 86 valence electrons. The molecule has 3 nitrogen and oxygen atoms in total. The van der Waals surface area contributed by atoms with E-state index in [2.05, 4.69) is 0 Å². The van der Waals surface area contributed by atoms with Gasteiger partial charge in [0.1, 0.15) is 5.69 Å². The molecule has 0 radical (unpaired) electrons. The maximum Gasteiger partial charge on any atom is 0.151 e. The van der Waals surface area contributed by atoms with Gasteiger partial charge in [-0.15, -0.1) is 0 Å². The number of ether oxygens (including phenoxy) is 1. The number of benzene rings is 1. The Kier molecular flexibility index (Phi) is 1.89. The zero-order valence-corrected chi connectivity index (χ0v) is 8.67. The van der Waals surface area contributed by atoms with Gasteiger partial charge in [-0.25, -0.2) is 8.78 Å². The highest BCUT2D eigenvalue weighted by Gasteiger charge is 2.50. The molecule has 0 atom stereocenters. The Balaban J connectivity index is 1.85. The van der Waals surface area contributed by atoms with Crippen LogP contribution < -0.4 is 10.6 Å². The Labute approximate surface area is 91.8 Å². The summed E-state index contributed by atoms with van der Waals surface area (Å²) in [6, 6.07) is 2.31. The van der Waals surface area contributed by atoms with E-state index in [1.54, 1.807) is 4.90 Å². The maximum absolute atomic E-state index is 13.6. The summed E-state index contributed by atoms with van der Waals surface area (Å²) in [6.45, 7) is 2.71. The summed E-state index contributed by atoms with van der Waals surface area (Å²) in [5, 5.41) is 0. The Morgan fingerprint density at radius 2 is 1.75 bits per heavy atom. The molecule has 1 aromatic rings. The Bertz CT molecular complexity index is 415. The van der Waals surface area contributed by atoms with E-state index >= 15 is 0 Å². The van der Waals surface area contributed by atoms with Crippen LogP contribution in [-0.4, -0.2) is 26.3 Å². The number of nitrogens with zero attached hydrogens (tertiary/aromatic N) is 1. The quantitative estimate of drug-likeness (QED) is 0.735. The minimum absolute atomic E-state index is 0.0340. The molecule has 2 fully saturated rings. The molecule has 2 saturated heterocycles. The van der Waals surface area contributed by atoms with Crippen molar-refractivity contribution >= 4 is 11.4 Å². The highest BCUT2D eigenvalue weighted by atomic mass is 19.1. The SMILES string of the molecule is Nc1cc(F)c(N2CC3(COC3)C2)c(F)c1. The lowest BCUT2D eigenvalue weighted by atomic mass is 9.77. The molecule has 5 heteroatoms. The van der Waals surface area contributed by atoms with Crippen LogP contribution in [0.25, 0.3) is 0 Å². The number of hydrogen-bond acceptors (Lipinski definition) is 3. The lowest BCUT2D eigenvalue weighted by Gasteiger charge is -2.55. The first kappa shape index (κ1) is 9.84. The van der Waals surface area contributed by atoms with Crippen LogP contribution >= 0.6 is 0 Å². The van der Waals surface area contributed by atoms with Crippen LogP contribution in [0, 0.1) is 17.0 Å². The van der Waals surface area contributed by atoms with Crippen molar-refractivity contribution in [2.75, 3.05) is 36.9 Å². The third-order valence-electron chi connectivity index (χ3n) is 3.22. The van der Waals surface area contributed by atoms with E-state index in [0.29, 0.717) is 26.3 Å². The number of nitrogen functional groups attached to an aromatic ring is 1. The van der Waals surface area contributed by atoms with Gasteiger partial charge < -0.3 is 15.4 Å². The molecule has 3 rings (SSSR count). The lowest BCUT2D eigenvalue weighted by molar-refractivity contribution is -0.127. The van der Waals surface area contributed by atoms with Gasteiger partial charge in [-0.05, 0) is 12.1 Å². The Morgan fingerprint density at radius 1 is 1.19 bits per heavy atom. The van der Waals surface area contributed by atoms with Gasteiger partial charge in [-0.2, -0.15) is 0 Å². The summed E-state index contributed by atoms with van der Waals surface area (Å²) >= 11 is 0. The average Bonchev–Trinajstić information content (AvgIpc) is 2.03. The second kappa shape index (κ2) is 3.07. The first-order valence-electron chi connectivity index (χ1n) is 5.17. The largest absolute Gasteiger partial charge is 0.399 e. The van der Waals surface area contributed by atoms with Gasteiger partial charge in [0, 0.05) is 18.8 Å². The third-order valence-corrected chi connectivity index (χ3v) is 3.22. The van der Waals surface area contributed by atoms with Gasteiger partial charge in [0.15, 0.2) is 11.6 Å². The van der Waals surface area contributed by atoms with Crippen LogP contribution in [0.2, 0.25) is 0 Å². The van der Waals surface area contributed by atoms with Crippen molar-refractivity contribution in [1.29, 1.82) is 0 Å². The average molecular weight is 226 g/mol. The molecule has 2 heterocycles. The molecule has 0 amide bonds. The minimum Gasteiger partial charge on any atom is -0.399 e. The fourth-order valence-corrected chi connectivity index (χ4v) is 2.38. The summed E-state index contributed by atoms with van der Waals surface area (Å²) in [6.07, 6.45) is 0. The van der Waals surface area contributed by atoms with E-state index in [4.69, 9.17) is 10.5 Å². The molecule has 0 saturated carbocycles. The van der Waals surface area contributed by atoms with E-state index in [-0.39, 0.29) is 16.8 Å². The number of rotatable bonds is 1. The van der Waals surface area contributed by atoms with E-state index in [1.165, 1.54) is 0 Å². The molecule has 0 aliphatic carbocycles. The fourth-order valence-electron chi connectivity index (χ4n) is 2.38. The van der Waals surface area contributed by atoms with Crippen molar-refractivity contribution in [2.24, 2.45) is 5.41 Å². The molecule has 0 unspecified atom stereocenters. The van der Waals surface area contributed by atoms with Crippen LogP contribution in [-0.2, 0) is 4.74 Å². The fraction of sp³-hybridized carbons (Fsp3) is 0.455. The van der Waals surface area contributed by atoms with Gasteiger partial charge in [-0.1, -0.05) is 0 Å². The monoisotopic (exact) mass is 226 g/mol. The topological polar surface area (TPSA) is 38.5 Å². The first-order valence-corrected chi connectivity index (χ1v) is 5.17. The Morgan fingerprint density at radius 3 is 2.19 bits per heavy atom. The molecule has 16 heavy (non-hydrogen) atoms. The van der Waals surface area contributed by atoms with Crippen molar-refractivity contribution in [2.45, 2.75) is 0 Å². The summed E-state index contributed by atoms with van der Waals surface area (Å²) in [7, 11) is 0. The predicted octanol–water partition coefficient (Wildman–Crippen LogP) is 1.38. The first-order chi connectivity index (χ1) is 7.60. The van der Waals surface area contributed by atoms with E-state index in [9.17, 15) is 8.78 Å². The van der Waals surface area contributed by atoms with E-state index < -0.39 is 11.6 Å². The number of anilines is 2. The van der Waals surface area contributed by atoms with Gasteiger partial charge in [0.25, 0.3) is 0 Å². The lowest BCUT2D eigenvalue weighted by Crippen LogP contribution is -2.66. The summed E-state index contributed by atoms with van der Waals surface area (Å²) < 4.78 is 32.2. The van der Waals surface area contributed by atoms with Crippen LogP contribution in [0.5, 0.6) is 0 Å². The number of halogens is 2. The summed E-state index contributed by atoms with van der Waals surface area (Å²) in [5.41, 5.74) is 5.65. The van der Waals surface area contributed by atoms with Crippen LogP contribution in [0.3, 0.4) is 0 Å². The zero-order valence-electron chi connectivity index (χ0n) is 8.67. The number of hydrogen-bond donors (Lipinski definition) is 1. The van der Waals surface area contributed by atoms with Crippen molar-refractivity contribution in [1.82, 2.24) is 0 Å². The molecule has 0 bridgehead atoms. The molecule has 0 aromatic heterocycles. The second-order valence-corrected chi connectivity index (χ2v) is 4.68. The predicted molar refractivity (Wildman–Crippen MR) is 56.2 cm³/mol. The summed E-state index contributed by atoms with van der Waals surface area (Å²) in [4.78, 5) is 1.70. The molecule has 2 N–H and O–H groups in total. The third kappa shape index (κ3) is 1.28. The standard InChI is InChI=1S/C11H12F2N2O/c12-8-1-7(14)2-9(13)10(8)15-3-11(4-15)5-16-6-11/h1-2H,3-6,14H2. The number of nitrogens with two attached hydrogens (primary N) is 1. The van der Waals surface area contributed by atoms with E-state index in [0.717, 1.165) is 12.1 Å². The molecule has 1 aromatic carbocycles. The second-order valence-electron chi connectivity index (χ2n) is 4.68. The molecular formula is C11H12F2N2O. The normalized spacial score (nSPS) is 21.8. The minimum atomic E-state index is -0.590. The Hall–Kier alpha value is -1.36.